The lowest BCUT2D eigenvalue weighted by Crippen LogP contribution is -2.49. The summed E-state index contributed by atoms with van der Waals surface area (Å²) in [6.07, 6.45) is -0.107. The van der Waals surface area contributed by atoms with E-state index in [0.717, 1.165) is 12.0 Å². The van der Waals surface area contributed by atoms with E-state index in [1.54, 1.807) is 25.1 Å². The Kier molecular flexibility index (Phi) is 9.67. The summed E-state index contributed by atoms with van der Waals surface area (Å²) < 4.78 is 33.4. The molecular weight excluding hydrogens is 506 g/mol. The minimum absolute atomic E-state index is 0.104. The first-order chi connectivity index (χ1) is 17.9. The van der Waals surface area contributed by atoms with Gasteiger partial charge in [-0.15, -0.1) is 0 Å². The number of nitrogens with one attached hydrogen (secondary N) is 2. The standard InChI is InChI=1S/C28H37N3O6S/c1-5-6-17-23(25(32)26(33)29-20(2)21-13-9-7-10-14-21)30-27(34)37-24-18-28(3,4)19-31(24)38(35,36)22-15-11-8-12-16-22/h7-16,20,23-24H,5-6,17-19H2,1-4H3,(H,29,33)(H,30,34)/t20-,23+,24?/m1/s1. The molecule has 0 spiro atoms. The van der Waals surface area contributed by atoms with Crippen molar-refractivity contribution in [2.24, 2.45) is 5.41 Å². The Bertz CT molecular complexity index is 1220. The first-order valence-electron chi connectivity index (χ1n) is 12.9. The van der Waals surface area contributed by atoms with Crippen LogP contribution in [0.4, 0.5) is 4.79 Å². The Morgan fingerprint density at radius 3 is 2.24 bits per heavy atom. The second kappa shape index (κ2) is 12.5. The molecule has 1 saturated heterocycles. The van der Waals surface area contributed by atoms with E-state index < -0.39 is 51.5 Å². The van der Waals surface area contributed by atoms with Gasteiger partial charge in [0.25, 0.3) is 5.91 Å². The summed E-state index contributed by atoms with van der Waals surface area (Å²) in [7, 11) is -3.92. The number of rotatable bonds is 11. The third-order valence-electron chi connectivity index (χ3n) is 6.55. The van der Waals surface area contributed by atoms with Crippen molar-refractivity contribution in [3.05, 3.63) is 66.2 Å². The molecule has 2 aromatic carbocycles. The summed E-state index contributed by atoms with van der Waals surface area (Å²) >= 11 is 0. The number of ether oxygens (including phenoxy) is 1. The maximum Gasteiger partial charge on any atom is 0.409 e. The third kappa shape index (κ3) is 7.41. The normalized spacial score (nSPS) is 18.8. The maximum atomic E-state index is 13.3. The fourth-order valence-corrected chi connectivity index (χ4v) is 6.18. The SMILES string of the molecule is CCCC[C@H](NC(=O)OC1CC(C)(C)CN1S(=O)(=O)c1ccccc1)C(=O)C(=O)N[C@H](C)c1ccccc1. The van der Waals surface area contributed by atoms with Crippen LogP contribution >= 0.6 is 0 Å². The molecule has 0 radical (unpaired) electrons. The van der Waals surface area contributed by atoms with Crippen LogP contribution in [-0.4, -0.2) is 49.3 Å². The molecule has 1 fully saturated rings. The van der Waals surface area contributed by atoms with Crippen LogP contribution in [0.15, 0.2) is 65.6 Å². The number of hydrogen-bond acceptors (Lipinski definition) is 6. The lowest BCUT2D eigenvalue weighted by Gasteiger charge is -2.25. The van der Waals surface area contributed by atoms with Gasteiger partial charge in [0.2, 0.25) is 15.8 Å². The molecule has 10 heteroatoms. The highest BCUT2D eigenvalue weighted by Gasteiger charge is 2.46. The van der Waals surface area contributed by atoms with E-state index >= 15 is 0 Å². The number of carbonyl (C=O) groups is 3. The lowest BCUT2D eigenvalue weighted by molar-refractivity contribution is -0.139. The monoisotopic (exact) mass is 543 g/mol. The summed E-state index contributed by atoms with van der Waals surface area (Å²) in [6.45, 7) is 7.67. The molecule has 1 heterocycles. The summed E-state index contributed by atoms with van der Waals surface area (Å²) in [5.74, 6) is -1.59. The van der Waals surface area contributed by atoms with Crippen LogP contribution in [0, 0.1) is 5.41 Å². The van der Waals surface area contributed by atoms with Crippen molar-refractivity contribution in [1.82, 2.24) is 14.9 Å². The molecular formula is C28H37N3O6S. The van der Waals surface area contributed by atoms with Gasteiger partial charge in [0.05, 0.1) is 10.9 Å². The molecule has 0 saturated carbocycles. The van der Waals surface area contributed by atoms with Gasteiger partial charge in [0.1, 0.15) is 6.04 Å². The molecule has 38 heavy (non-hydrogen) atoms. The molecule has 0 aromatic heterocycles. The average Bonchev–Trinajstić information content (AvgIpc) is 3.21. The number of carbonyl (C=O) groups excluding carboxylic acids is 3. The number of ketones is 1. The van der Waals surface area contributed by atoms with Gasteiger partial charge in [0, 0.05) is 13.0 Å². The zero-order valence-corrected chi connectivity index (χ0v) is 23.2. The highest BCUT2D eigenvalue weighted by atomic mass is 32.2. The molecule has 2 N–H and O–H groups in total. The minimum Gasteiger partial charge on any atom is -0.429 e. The molecule has 1 aliphatic heterocycles. The van der Waals surface area contributed by atoms with E-state index in [9.17, 15) is 22.8 Å². The van der Waals surface area contributed by atoms with Gasteiger partial charge in [-0.2, -0.15) is 4.31 Å². The van der Waals surface area contributed by atoms with Crippen LogP contribution in [0.1, 0.15) is 65.0 Å². The molecule has 2 aromatic rings. The van der Waals surface area contributed by atoms with Crippen LogP contribution in [0.25, 0.3) is 0 Å². The predicted octanol–water partition coefficient (Wildman–Crippen LogP) is 4.16. The molecule has 2 amide bonds. The van der Waals surface area contributed by atoms with E-state index in [4.69, 9.17) is 4.74 Å². The molecule has 9 nitrogen and oxygen atoms in total. The van der Waals surface area contributed by atoms with E-state index in [0.29, 0.717) is 6.42 Å². The van der Waals surface area contributed by atoms with Crippen molar-refractivity contribution >= 4 is 27.8 Å². The quantitative estimate of drug-likeness (QED) is 0.411. The highest BCUT2D eigenvalue weighted by molar-refractivity contribution is 7.89. The summed E-state index contributed by atoms with van der Waals surface area (Å²) in [6, 6.07) is 15.7. The van der Waals surface area contributed by atoms with Crippen molar-refractivity contribution < 1.29 is 27.5 Å². The van der Waals surface area contributed by atoms with E-state index in [-0.39, 0.29) is 24.3 Å². The second-order valence-electron chi connectivity index (χ2n) is 10.4. The molecule has 0 aliphatic carbocycles. The fraction of sp³-hybridized carbons (Fsp3) is 0.464. The van der Waals surface area contributed by atoms with Crippen molar-refractivity contribution in [2.75, 3.05) is 6.54 Å². The van der Waals surface area contributed by atoms with Gasteiger partial charge in [-0.3, -0.25) is 9.59 Å². The zero-order valence-electron chi connectivity index (χ0n) is 22.3. The van der Waals surface area contributed by atoms with Crippen molar-refractivity contribution in [3.8, 4) is 0 Å². The van der Waals surface area contributed by atoms with Gasteiger partial charge in [-0.05, 0) is 36.5 Å². The van der Waals surface area contributed by atoms with Crippen molar-refractivity contribution in [2.45, 2.75) is 76.6 Å². The number of unbranched alkanes of at least 4 members (excludes halogenated alkanes) is 1. The number of amides is 2. The van der Waals surface area contributed by atoms with Crippen molar-refractivity contribution in [1.29, 1.82) is 0 Å². The van der Waals surface area contributed by atoms with Gasteiger partial charge in [0.15, 0.2) is 6.23 Å². The largest absolute Gasteiger partial charge is 0.429 e. The van der Waals surface area contributed by atoms with Crippen LogP contribution in [0.5, 0.6) is 0 Å². The molecule has 1 aliphatic rings. The van der Waals surface area contributed by atoms with Gasteiger partial charge in [-0.1, -0.05) is 82.1 Å². The maximum absolute atomic E-state index is 13.3. The summed E-state index contributed by atoms with van der Waals surface area (Å²) in [5.41, 5.74) is 0.409. The van der Waals surface area contributed by atoms with Crippen LogP contribution in [-0.2, 0) is 24.3 Å². The number of nitrogens with zero attached hydrogens (tertiary/aromatic N) is 1. The van der Waals surface area contributed by atoms with Gasteiger partial charge < -0.3 is 15.4 Å². The Hall–Kier alpha value is -3.24. The smallest absolute Gasteiger partial charge is 0.409 e. The highest BCUT2D eigenvalue weighted by Crippen LogP contribution is 2.38. The topological polar surface area (TPSA) is 122 Å². The molecule has 1 unspecified atom stereocenters. The summed E-state index contributed by atoms with van der Waals surface area (Å²) in [4.78, 5) is 38.8. The summed E-state index contributed by atoms with van der Waals surface area (Å²) in [5, 5.41) is 5.21. The first kappa shape index (κ1) is 29.3. The van der Waals surface area contributed by atoms with E-state index in [1.165, 1.54) is 16.4 Å². The number of alkyl carbamates (subject to hydrolysis) is 1. The molecule has 0 bridgehead atoms. The zero-order chi connectivity index (χ0) is 27.9. The predicted molar refractivity (Wildman–Crippen MR) is 143 cm³/mol. The van der Waals surface area contributed by atoms with Crippen LogP contribution in [0.3, 0.4) is 0 Å². The molecule has 3 atom stereocenters. The van der Waals surface area contributed by atoms with Crippen LogP contribution < -0.4 is 10.6 Å². The second-order valence-corrected chi connectivity index (χ2v) is 12.3. The average molecular weight is 544 g/mol. The Labute approximate surface area is 225 Å². The minimum atomic E-state index is -3.92. The fourth-order valence-electron chi connectivity index (χ4n) is 4.46. The van der Waals surface area contributed by atoms with Crippen molar-refractivity contribution in [3.63, 3.8) is 0 Å². The van der Waals surface area contributed by atoms with Crippen LogP contribution in [0.2, 0.25) is 0 Å². The number of sulfonamides is 1. The Morgan fingerprint density at radius 1 is 1.03 bits per heavy atom. The number of Topliss-reactive ketones (excluding diaryl/α,β-unsaturated/α-hetero) is 1. The molecule has 3 rings (SSSR count). The van der Waals surface area contributed by atoms with E-state index in [2.05, 4.69) is 10.6 Å². The molecule has 206 valence electrons. The number of benzene rings is 2. The Morgan fingerprint density at radius 2 is 1.63 bits per heavy atom. The van der Waals surface area contributed by atoms with E-state index in [1.807, 2.05) is 51.1 Å². The lowest BCUT2D eigenvalue weighted by atomic mass is 9.93. The third-order valence-corrected chi connectivity index (χ3v) is 8.40. The number of hydrogen-bond donors (Lipinski definition) is 2. The Balaban J connectivity index is 1.70. The van der Waals surface area contributed by atoms with Gasteiger partial charge in [-0.25, -0.2) is 13.2 Å². The van der Waals surface area contributed by atoms with Gasteiger partial charge >= 0.3 is 6.09 Å². The first-order valence-corrected chi connectivity index (χ1v) is 14.3.